The van der Waals surface area contributed by atoms with E-state index in [4.69, 9.17) is 0 Å². The minimum atomic E-state index is 0.341. The van der Waals surface area contributed by atoms with Crippen molar-refractivity contribution in [1.29, 1.82) is 0 Å². The van der Waals surface area contributed by atoms with Crippen LogP contribution in [0.25, 0.3) is 0 Å². The van der Waals surface area contributed by atoms with E-state index in [1.54, 1.807) is 0 Å². The Hall–Kier alpha value is -0.590. The minimum absolute atomic E-state index is 0.341. The fraction of sp³-hybridized carbons (Fsp3) is 0.800. The average Bonchev–Trinajstić information content (AvgIpc) is 2.96. The maximum atomic E-state index is 12.4. The van der Waals surface area contributed by atoms with Gasteiger partial charge in [0.05, 0.1) is 0 Å². The predicted octanol–water partition coefficient (Wildman–Crippen LogP) is 3.88. The van der Waals surface area contributed by atoms with Crippen molar-refractivity contribution in [3.8, 4) is 0 Å². The monoisotopic (exact) mass is 218 g/mol. The fourth-order valence-corrected chi connectivity index (χ4v) is 4.10. The maximum absolute atomic E-state index is 12.4. The second-order valence-corrected chi connectivity index (χ2v) is 5.85. The first-order chi connectivity index (χ1) is 7.86. The minimum Gasteiger partial charge on any atom is -0.299 e. The summed E-state index contributed by atoms with van der Waals surface area (Å²) in [5.41, 5.74) is 1.49. The highest BCUT2D eigenvalue weighted by atomic mass is 16.1. The second-order valence-electron chi connectivity index (χ2n) is 5.85. The zero-order valence-electron chi connectivity index (χ0n) is 10.1. The largest absolute Gasteiger partial charge is 0.299 e. The van der Waals surface area contributed by atoms with Crippen LogP contribution in [-0.4, -0.2) is 5.78 Å². The molecule has 0 N–H and O–H groups in total. The van der Waals surface area contributed by atoms with Gasteiger partial charge < -0.3 is 0 Å². The zero-order chi connectivity index (χ0) is 11.0. The van der Waals surface area contributed by atoms with Crippen LogP contribution in [0.15, 0.2) is 11.6 Å². The smallest absolute Gasteiger partial charge is 0.143 e. The summed E-state index contributed by atoms with van der Waals surface area (Å²) in [7, 11) is 0. The van der Waals surface area contributed by atoms with Gasteiger partial charge in [0.25, 0.3) is 0 Å². The molecule has 2 atom stereocenters. The zero-order valence-corrected chi connectivity index (χ0v) is 10.1. The molecule has 16 heavy (non-hydrogen) atoms. The molecule has 0 aromatic rings. The molecule has 2 saturated carbocycles. The van der Waals surface area contributed by atoms with Crippen LogP contribution < -0.4 is 0 Å². The summed E-state index contributed by atoms with van der Waals surface area (Å²) in [6, 6.07) is 0. The van der Waals surface area contributed by atoms with E-state index in [1.165, 1.54) is 56.9 Å². The number of Topliss-reactive ketones (excluding diaryl/α,β-unsaturated/α-hetero) is 1. The number of rotatable bonds is 2. The normalized spacial score (nSPS) is 36.0. The number of hydrogen-bond donors (Lipinski definition) is 0. The van der Waals surface area contributed by atoms with Gasteiger partial charge in [-0.2, -0.15) is 0 Å². The van der Waals surface area contributed by atoms with Crippen molar-refractivity contribution in [1.82, 2.24) is 0 Å². The summed E-state index contributed by atoms with van der Waals surface area (Å²) < 4.78 is 0. The number of ketones is 1. The van der Waals surface area contributed by atoms with Gasteiger partial charge in [-0.05, 0) is 50.9 Å². The predicted molar refractivity (Wildman–Crippen MR) is 65.1 cm³/mol. The van der Waals surface area contributed by atoms with Gasteiger partial charge in [0.1, 0.15) is 5.78 Å². The lowest BCUT2D eigenvalue weighted by Crippen LogP contribution is -2.21. The highest BCUT2D eigenvalue weighted by molar-refractivity contribution is 5.88. The van der Waals surface area contributed by atoms with Crippen molar-refractivity contribution in [2.45, 2.75) is 57.8 Å². The third kappa shape index (κ3) is 1.74. The van der Waals surface area contributed by atoms with E-state index in [0.717, 1.165) is 12.3 Å². The summed E-state index contributed by atoms with van der Waals surface area (Å²) in [4.78, 5) is 12.4. The number of carbonyl (C=O) groups is 1. The first-order valence-corrected chi connectivity index (χ1v) is 7.09. The van der Waals surface area contributed by atoms with Gasteiger partial charge in [-0.25, -0.2) is 0 Å². The Morgan fingerprint density at radius 1 is 1.00 bits per heavy atom. The van der Waals surface area contributed by atoms with Crippen molar-refractivity contribution in [2.75, 3.05) is 0 Å². The number of carbonyl (C=O) groups excluding carboxylic acids is 1. The third-order valence-corrected chi connectivity index (χ3v) is 4.97. The average molecular weight is 218 g/mol. The van der Waals surface area contributed by atoms with Crippen molar-refractivity contribution in [3.05, 3.63) is 11.6 Å². The highest BCUT2D eigenvalue weighted by Crippen LogP contribution is 2.44. The van der Waals surface area contributed by atoms with Crippen molar-refractivity contribution >= 4 is 5.78 Å². The van der Waals surface area contributed by atoms with Crippen LogP contribution in [0.4, 0.5) is 0 Å². The summed E-state index contributed by atoms with van der Waals surface area (Å²) in [6.45, 7) is 0. The molecule has 88 valence electrons. The van der Waals surface area contributed by atoms with E-state index in [2.05, 4.69) is 6.08 Å². The van der Waals surface area contributed by atoms with E-state index < -0.39 is 0 Å². The lowest BCUT2D eigenvalue weighted by Gasteiger charge is -2.17. The molecule has 3 aliphatic rings. The van der Waals surface area contributed by atoms with Gasteiger partial charge >= 0.3 is 0 Å². The summed E-state index contributed by atoms with van der Waals surface area (Å²) in [5.74, 6) is 2.14. The van der Waals surface area contributed by atoms with Crippen molar-refractivity contribution in [2.24, 2.45) is 17.8 Å². The van der Waals surface area contributed by atoms with E-state index in [-0.39, 0.29) is 0 Å². The molecular formula is C15H22O. The molecule has 0 spiro atoms. The van der Waals surface area contributed by atoms with Gasteiger partial charge in [0, 0.05) is 11.8 Å². The second kappa shape index (κ2) is 4.35. The van der Waals surface area contributed by atoms with Crippen LogP contribution in [-0.2, 0) is 4.79 Å². The number of allylic oxidation sites excluding steroid dienone is 2. The molecule has 0 heterocycles. The first-order valence-electron chi connectivity index (χ1n) is 7.09. The van der Waals surface area contributed by atoms with E-state index >= 15 is 0 Å². The van der Waals surface area contributed by atoms with Crippen LogP contribution in [0.1, 0.15) is 57.8 Å². The highest BCUT2D eigenvalue weighted by Gasteiger charge is 2.41. The molecule has 0 amide bonds. The SMILES string of the molecule is O=C1C(C2=CCCC2)CCC1C1CCCC1. The molecular weight excluding hydrogens is 196 g/mol. The topological polar surface area (TPSA) is 17.1 Å². The Bertz CT molecular complexity index is 309. The fourth-order valence-electron chi connectivity index (χ4n) is 4.10. The van der Waals surface area contributed by atoms with Gasteiger partial charge in [0.15, 0.2) is 0 Å². The van der Waals surface area contributed by atoms with Crippen LogP contribution in [0.2, 0.25) is 0 Å². The van der Waals surface area contributed by atoms with E-state index in [1.807, 2.05) is 0 Å². The Morgan fingerprint density at radius 2 is 1.81 bits per heavy atom. The molecule has 0 radical (unpaired) electrons. The molecule has 0 aromatic heterocycles. The summed E-state index contributed by atoms with van der Waals surface area (Å²) in [5, 5.41) is 0. The third-order valence-electron chi connectivity index (χ3n) is 4.97. The molecule has 1 heteroatoms. The van der Waals surface area contributed by atoms with E-state index in [9.17, 15) is 4.79 Å². The lowest BCUT2D eigenvalue weighted by molar-refractivity contribution is -0.124. The molecule has 3 rings (SSSR count). The van der Waals surface area contributed by atoms with Crippen LogP contribution in [0, 0.1) is 17.8 Å². The molecule has 0 saturated heterocycles. The van der Waals surface area contributed by atoms with Crippen LogP contribution in [0.3, 0.4) is 0 Å². The Labute approximate surface area is 98.3 Å². The van der Waals surface area contributed by atoms with Gasteiger partial charge in [-0.3, -0.25) is 4.79 Å². The quantitative estimate of drug-likeness (QED) is 0.643. The van der Waals surface area contributed by atoms with Gasteiger partial charge in [-0.15, -0.1) is 0 Å². The summed E-state index contributed by atoms with van der Waals surface area (Å²) in [6.07, 6.45) is 13.8. The summed E-state index contributed by atoms with van der Waals surface area (Å²) >= 11 is 0. The first kappa shape index (κ1) is 10.6. The van der Waals surface area contributed by atoms with Crippen LogP contribution >= 0.6 is 0 Å². The van der Waals surface area contributed by atoms with Crippen molar-refractivity contribution < 1.29 is 4.79 Å². The molecule has 0 bridgehead atoms. The number of hydrogen-bond acceptors (Lipinski definition) is 1. The Kier molecular flexibility index (Phi) is 2.87. The van der Waals surface area contributed by atoms with E-state index in [0.29, 0.717) is 17.6 Å². The van der Waals surface area contributed by atoms with Crippen LogP contribution in [0.5, 0.6) is 0 Å². The van der Waals surface area contributed by atoms with Gasteiger partial charge in [0.2, 0.25) is 0 Å². The maximum Gasteiger partial charge on any atom is 0.143 e. The lowest BCUT2D eigenvalue weighted by atomic mass is 9.86. The molecule has 3 aliphatic carbocycles. The molecule has 0 aliphatic heterocycles. The Balaban J connectivity index is 1.69. The molecule has 1 nitrogen and oxygen atoms in total. The van der Waals surface area contributed by atoms with Crippen molar-refractivity contribution in [3.63, 3.8) is 0 Å². The molecule has 0 aromatic carbocycles. The Morgan fingerprint density at radius 3 is 2.50 bits per heavy atom. The molecule has 2 unspecified atom stereocenters. The molecule has 2 fully saturated rings. The van der Waals surface area contributed by atoms with Gasteiger partial charge in [-0.1, -0.05) is 24.5 Å². The standard InChI is InChI=1S/C15H22O/c16-15-13(11-5-1-2-6-11)9-10-14(15)12-7-3-4-8-12/h5,12-14H,1-4,6-10H2.